The summed E-state index contributed by atoms with van der Waals surface area (Å²) in [6.45, 7) is 1.57. The SMILES string of the molecule is CC(=O)NC12C[C@@H]3C[C@H](CC(CC(=O)O)(C3)C1)C2. The van der Waals surface area contributed by atoms with Crippen molar-refractivity contribution in [2.45, 2.75) is 57.4 Å². The maximum Gasteiger partial charge on any atom is 0.303 e. The third-order valence-electron chi connectivity index (χ3n) is 5.15. The molecule has 4 rings (SSSR count). The monoisotopic (exact) mass is 251 g/mol. The summed E-state index contributed by atoms with van der Waals surface area (Å²) < 4.78 is 0. The van der Waals surface area contributed by atoms with Crippen LogP contribution in [0.4, 0.5) is 0 Å². The molecule has 0 spiro atoms. The molecule has 4 saturated carbocycles. The number of rotatable bonds is 3. The minimum atomic E-state index is -0.685. The van der Waals surface area contributed by atoms with Gasteiger partial charge in [0.15, 0.2) is 0 Å². The van der Waals surface area contributed by atoms with Gasteiger partial charge in [-0.1, -0.05) is 0 Å². The van der Waals surface area contributed by atoms with E-state index in [4.69, 9.17) is 5.11 Å². The molecule has 4 nitrogen and oxygen atoms in total. The smallest absolute Gasteiger partial charge is 0.303 e. The second kappa shape index (κ2) is 3.72. The van der Waals surface area contributed by atoms with Crippen LogP contribution in [0.1, 0.15) is 51.9 Å². The van der Waals surface area contributed by atoms with E-state index in [1.54, 1.807) is 6.92 Å². The highest BCUT2D eigenvalue weighted by Gasteiger charge is 2.58. The lowest BCUT2D eigenvalue weighted by Crippen LogP contribution is -2.63. The fourth-order valence-corrected chi connectivity index (χ4v) is 5.50. The molecule has 4 aliphatic rings. The van der Waals surface area contributed by atoms with Gasteiger partial charge in [0.2, 0.25) is 5.91 Å². The first-order valence-corrected chi connectivity index (χ1v) is 6.91. The summed E-state index contributed by atoms with van der Waals surface area (Å²) in [4.78, 5) is 22.6. The fourth-order valence-electron chi connectivity index (χ4n) is 5.50. The molecule has 0 saturated heterocycles. The van der Waals surface area contributed by atoms with Crippen molar-refractivity contribution in [1.29, 1.82) is 0 Å². The Hall–Kier alpha value is -1.06. The molecule has 0 radical (unpaired) electrons. The van der Waals surface area contributed by atoms with Gasteiger partial charge in [0.1, 0.15) is 0 Å². The van der Waals surface area contributed by atoms with Crippen molar-refractivity contribution in [2.24, 2.45) is 17.3 Å². The van der Waals surface area contributed by atoms with Gasteiger partial charge in [-0.15, -0.1) is 0 Å². The largest absolute Gasteiger partial charge is 0.481 e. The Morgan fingerprint density at radius 1 is 1.22 bits per heavy atom. The Kier molecular flexibility index (Phi) is 2.48. The lowest BCUT2D eigenvalue weighted by molar-refractivity contribution is -0.148. The summed E-state index contributed by atoms with van der Waals surface area (Å²) in [5.74, 6) is 0.590. The van der Waals surface area contributed by atoms with Crippen LogP contribution < -0.4 is 5.32 Å². The van der Waals surface area contributed by atoms with Crippen LogP contribution in [-0.4, -0.2) is 22.5 Å². The number of carbonyl (C=O) groups is 2. The molecule has 4 bridgehead atoms. The average molecular weight is 251 g/mol. The number of carbonyl (C=O) groups excluding carboxylic acids is 1. The van der Waals surface area contributed by atoms with Gasteiger partial charge in [0.05, 0.1) is 6.42 Å². The molecular formula is C14H21NO3. The zero-order valence-corrected chi connectivity index (χ0v) is 10.9. The molecule has 0 heterocycles. The van der Waals surface area contributed by atoms with Gasteiger partial charge >= 0.3 is 5.97 Å². The molecule has 0 aromatic rings. The number of nitrogens with one attached hydrogen (secondary N) is 1. The third kappa shape index (κ3) is 1.91. The summed E-state index contributed by atoms with van der Waals surface area (Å²) in [7, 11) is 0. The van der Waals surface area contributed by atoms with Crippen LogP contribution >= 0.6 is 0 Å². The molecule has 4 fully saturated rings. The molecule has 2 atom stereocenters. The molecule has 0 unspecified atom stereocenters. The standard InChI is InChI=1S/C14H21NO3/c1-9(16)15-14-5-10-2-11(6-14)4-13(3-10,8-14)7-12(17)18/h10-11H,2-8H2,1H3,(H,15,16)(H,17,18)/t10-,11-,13?,14?/m1/s1. The summed E-state index contributed by atoms with van der Waals surface area (Å²) in [6.07, 6.45) is 6.62. The molecule has 4 aliphatic carbocycles. The van der Waals surface area contributed by atoms with E-state index in [-0.39, 0.29) is 23.3 Å². The van der Waals surface area contributed by atoms with Crippen LogP contribution in [0.25, 0.3) is 0 Å². The van der Waals surface area contributed by atoms with Crippen molar-refractivity contribution in [3.8, 4) is 0 Å². The number of amides is 1. The van der Waals surface area contributed by atoms with Crippen LogP contribution in [-0.2, 0) is 9.59 Å². The van der Waals surface area contributed by atoms with Gasteiger partial charge in [-0.25, -0.2) is 0 Å². The first kappa shape index (κ1) is 12.0. The van der Waals surface area contributed by atoms with Crippen LogP contribution in [0, 0.1) is 17.3 Å². The van der Waals surface area contributed by atoms with Crippen molar-refractivity contribution >= 4 is 11.9 Å². The highest BCUT2D eigenvalue weighted by molar-refractivity contribution is 5.74. The van der Waals surface area contributed by atoms with Crippen molar-refractivity contribution in [3.05, 3.63) is 0 Å². The molecule has 0 aliphatic heterocycles. The molecule has 1 amide bonds. The maximum absolute atomic E-state index is 11.4. The van der Waals surface area contributed by atoms with E-state index in [2.05, 4.69) is 5.32 Å². The van der Waals surface area contributed by atoms with Gasteiger partial charge in [-0.2, -0.15) is 0 Å². The van der Waals surface area contributed by atoms with Crippen LogP contribution in [0.5, 0.6) is 0 Å². The zero-order chi connectivity index (χ0) is 13.0. The van der Waals surface area contributed by atoms with E-state index in [9.17, 15) is 9.59 Å². The van der Waals surface area contributed by atoms with Crippen LogP contribution in [0.3, 0.4) is 0 Å². The van der Waals surface area contributed by atoms with E-state index in [1.807, 2.05) is 0 Å². The Labute approximate surface area is 107 Å². The molecule has 18 heavy (non-hydrogen) atoms. The first-order valence-electron chi connectivity index (χ1n) is 6.91. The van der Waals surface area contributed by atoms with E-state index in [0.717, 1.165) is 32.1 Å². The maximum atomic E-state index is 11.4. The molecule has 4 heteroatoms. The lowest BCUT2D eigenvalue weighted by Gasteiger charge is -2.62. The number of hydrogen-bond donors (Lipinski definition) is 2. The fraction of sp³-hybridized carbons (Fsp3) is 0.857. The predicted molar refractivity (Wildman–Crippen MR) is 65.9 cm³/mol. The van der Waals surface area contributed by atoms with Crippen LogP contribution in [0.2, 0.25) is 0 Å². The van der Waals surface area contributed by atoms with E-state index in [1.165, 1.54) is 6.42 Å². The zero-order valence-electron chi connectivity index (χ0n) is 10.9. The van der Waals surface area contributed by atoms with Crippen LogP contribution in [0.15, 0.2) is 0 Å². The lowest BCUT2D eigenvalue weighted by atomic mass is 9.46. The van der Waals surface area contributed by atoms with Gasteiger partial charge in [0.25, 0.3) is 0 Å². The highest BCUT2D eigenvalue weighted by atomic mass is 16.4. The van der Waals surface area contributed by atoms with Gasteiger partial charge < -0.3 is 10.4 Å². The number of aliphatic carboxylic acids is 1. The third-order valence-corrected chi connectivity index (χ3v) is 5.15. The van der Waals surface area contributed by atoms with E-state index < -0.39 is 5.97 Å². The Balaban J connectivity index is 1.87. The number of carboxylic acid groups (broad SMARTS) is 1. The summed E-state index contributed by atoms with van der Waals surface area (Å²) in [6, 6.07) is 0. The van der Waals surface area contributed by atoms with Crippen molar-refractivity contribution in [1.82, 2.24) is 5.32 Å². The van der Waals surface area contributed by atoms with Crippen molar-refractivity contribution in [2.75, 3.05) is 0 Å². The van der Waals surface area contributed by atoms with Gasteiger partial charge in [0, 0.05) is 12.5 Å². The first-order chi connectivity index (χ1) is 8.40. The van der Waals surface area contributed by atoms with E-state index >= 15 is 0 Å². The van der Waals surface area contributed by atoms with Crippen molar-refractivity contribution in [3.63, 3.8) is 0 Å². The van der Waals surface area contributed by atoms with Crippen molar-refractivity contribution < 1.29 is 14.7 Å². The Morgan fingerprint density at radius 2 is 1.83 bits per heavy atom. The normalized spacial score (nSPS) is 44.9. The minimum Gasteiger partial charge on any atom is -0.481 e. The van der Waals surface area contributed by atoms with E-state index in [0.29, 0.717) is 11.8 Å². The molecule has 0 aromatic heterocycles. The summed E-state index contributed by atoms with van der Waals surface area (Å²) >= 11 is 0. The summed E-state index contributed by atoms with van der Waals surface area (Å²) in [5, 5.41) is 12.3. The van der Waals surface area contributed by atoms with Gasteiger partial charge in [-0.3, -0.25) is 9.59 Å². The molecule has 100 valence electrons. The molecule has 2 N–H and O–H groups in total. The summed E-state index contributed by atoms with van der Waals surface area (Å²) in [5.41, 5.74) is -0.135. The molecule has 0 aromatic carbocycles. The molecular weight excluding hydrogens is 230 g/mol. The number of carboxylic acids is 1. The predicted octanol–water partition coefficient (Wildman–Crippen LogP) is 1.94. The average Bonchev–Trinajstić information content (AvgIpc) is 2.08. The van der Waals surface area contributed by atoms with Gasteiger partial charge in [-0.05, 0) is 55.8 Å². The minimum absolute atomic E-state index is 0.0300. The number of hydrogen-bond acceptors (Lipinski definition) is 2. The Bertz CT molecular complexity index is 356. The second-order valence-electron chi connectivity index (χ2n) is 6.99. The second-order valence-corrected chi connectivity index (χ2v) is 6.99. The topological polar surface area (TPSA) is 66.4 Å². The quantitative estimate of drug-likeness (QED) is 0.805. The highest BCUT2D eigenvalue weighted by Crippen LogP contribution is 2.62. The Morgan fingerprint density at radius 3 is 2.33 bits per heavy atom.